The zero-order valence-electron chi connectivity index (χ0n) is 14.9. The van der Waals surface area contributed by atoms with Crippen LogP contribution in [-0.2, 0) is 11.0 Å². The van der Waals surface area contributed by atoms with Gasteiger partial charge in [0, 0.05) is 30.1 Å². The lowest BCUT2D eigenvalue weighted by Crippen LogP contribution is -2.36. The van der Waals surface area contributed by atoms with E-state index in [-0.39, 0.29) is 23.1 Å². The number of hydrogen-bond donors (Lipinski definition) is 2. The van der Waals surface area contributed by atoms with Gasteiger partial charge in [-0.15, -0.1) is 0 Å². The molecule has 2 N–H and O–H groups in total. The van der Waals surface area contributed by atoms with Gasteiger partial charge in [-0.1, -0.05) is 0 Å². The van der Waals surface area contributed by atoms with Crippen molar-refractivity contribution in [2.24, 2.45) is 0 Å². The van der Waals surface area contributed by atoms with Crippen molar-refractivity contribution in [2.75, 3.05) is 6.54 Å². The maximum atomic E-state index is 12.9. The summed E-state index contributed by atoms with van der Waals surface area (Å²) in [4.78, 5) is 15.7. The largest absolute Gasteiger partial charge is 0.507 e. The molecule has 1 atom stereocenters. The highest BCUT2D eigenvalue weighted by Crippen LogP contribution is 2.38. The molecular weight excluding hydrogens is 373 g/mol. The number of rotatable bonds is 2. The monoisotopic (exact) mass is 390 g/mol. The summed E-state index contributed by atoms with van der Waals surface area (Å²) in [6.45, 7) is 1.98. The molecule has 1 saturated heterocycles. The van der Waals surface area contributed by atoms with Gasteiger partial charge >= 0.3 is 6.18 Å². The molecule has 3 aromatic rings. The van der Waals surface area contributed by atoms with Gasteiger partial charge in [0.05, 0.1) is 17.3 Å². The van der Waals surface area contributed by atoms with Crippen molar-refractivity contribution in [1.82, 2.24) is 20.1 Å². The van der Waals surface area contributed by atoms with E-state index < -0.39 is 17.5 Å². The van der Waals surface area contributed by atoms with Crippen molar-refractivity contribution in [3.8, 4) is 17.0 Å². The van der Waals surface area contributed by atoms with Crippen LogP contribution in [-0.4, -0.2) is 32.3 Å². The maximum absolute atomic E-state index is 12.9. The van der Waals surface area contributed by atoms with Gasteiger partial charge in [-0.05, 0) is 43.2 Å². The Labute approximate surface area is 158 Å². The third-order valence-electron chi connectivity index (χ3n) is 4.90. The van der Waals surface area contributed by atoms with Gasteiger partial charge in [0.25, 0.3) is 0 Å². The number of benzene rings is 1. The summed E-state index contributed by atoms with van der Waals surface area (Å²) in [7, 11) is 0. The maximum Gasteiger partial charge on any atom is 0.416 e. The number of alkyl halides is 3. The summed E-state index contributed by atoms with van der Waals surface area (Å²) in [5, 5.41) is 18.2. The summed E-state index contributed by atoms with van der Waals surface area (Å²) in [5.74, 6) is -0.463. The van der Waals surface area contributed by atoms with Crippen molar-refractivity contribution in [3.63, 3.8) is 0 Å². The molecule has 1 unspecified atom stereocenters. The third kappa shape index (κ3) is 3.28. The van der Waals surface area contributed by atoms with Crippen molar-refractivity contribution in [3.05, 3.63) is 41.6 Å². The number of amides is 1. The van der Waals surface area contributed by atoms with Gasteiger partial charge in [-0.2, -0.15) is 18.3 Å². The number of aromatic nitrogens is 3. The fourth-order valence-corrected chi connectivity index (χ4v) is 3.46. The molecule has 3 heterocycles. The van der Waals surface area contributed by atoms with Gasteiger partial charge in [-0.3, -0.25) is 9.48 Å². The minimum absolute atomic E-state index is 0.0154. The molecule has 0 saturated carbocycles. The molecule has 6 nitrogen and oxygen atoms in total. The zero-order chi connectivity index (χ0) is 20.1. The molecule has 28 heavy (non-hydrogen) atoms. The molecule has 0 spiro atoms. The number of fused-ring (bicyclic) bond motifs is 1. The number of aryl methyl sites for hydroxylation is 1. The van der Waals surface area contributed by atoms with Crippen LogP contribution in [0.5, 0.6) is 5.75 Å². The van der Waals surface area contributed by atoms with Crippen LogP contribution in [0.3, 0.4) is 0 Å². The number of phenols is 1. The summed E-state index contributed by atoms with van der Waals surface area (Å²) < 4.78 is 40.5. The van der Waals surface area contributed by atoms with Crippen molar-refractivity contribution >= 4 is 16.9 Å². The second-order valence-electron chi connectivity index (χ2n) is 6.90. The molecular formula is C19H17F3N4O2. The Kier molecular flexibility index (Phi) is 4.24. The van der Waals surface area contributed by atoms with E-state index in [9.17, 15) is 23.1 Å². The predicted octanol–water partition coefficient (Wildman–Crippen LogP) is 3.58. The van der Waals surface area contributed by atoms with Crippen LogP contribution in [0.4, 0.5) is 13.2 Å². The average molecular weight is 390 g/mol. The van der Waals surface area contributed by atoms with Crippen LogP contribution in [0, 0.1) is 6.92 Å². The highest BCUT2D eigenvalue weighted by Gasteiger charge is 2.32. The number of phenolic OH excluding ortho intramolecular Hbond substituents is 1. The summed E-state index contributed by atoms with van der Waals surface area (Å²) in [6, 6.07) is 5.13. The van der Waals surface area contributed by atoms with Crippen LogP contribution >= 0.6 is 0 Å². The normalized spacial score (nSPS) is 17.7. The summed E-state index contributed by atoms with van der Waals surface area (Å²) >= 11 is 0. The lowest BCUT2D eigenvalue weighted by molar-refractivity contribution is -0.137. The molecule has 1 aliphatic rings. The number of pyridine rings is 1. The van der Waals surface area contributed by atoms with E-state index in [4.69, 9.17) is 0 Å². The van der Waals surface area contributed by atoms with Gasteiger partial charge in [0.15, 0.2) is 5.65 Å². The molecule has 1 aliphatic heterocycles. The standard InChI is InChI=1S/C19H17F3N4O2/c1-10-6-12(19(20,21)22)7-15(27)17(10)14-4-2-11-9-26(25-18(11)24-14)13-3-5-16(28)23-8-13/h2,4,6-7,9,13,27H,3,5,8H2,1H3,(H,23,28). The van der Waals surface area contributed by atoms with Crippen molar-refractivity contribution in [2.45, 2.75) is 32.0 Å². The molecule has 1 amide bonds. The van der Waals surface area contributed by atoms with E-state index in [0.29, 0.717) is 36.8 Å². The second-order valence-corrected chi connectivity index (χ2v) is 6.90. The highest BCUT2D eigenvalue weighted by molar-refractivity contribution is 5.80. The molecule has 9 heteroatoms. The zero-order valence-corrected chi connectivity index (χ0v) is 14.9. The lowest BCUT2D eigenvalue weighted by atomic mass is 10.00. The van der Waals surface area contributed by atoms with Crippen molar-refractivity contribution in [1.29, 1.82) is 0 Å². The Morgan fingerprint density at radius 3 is 2.71 bits per heavy atom. The molecule has 146 valence electrons. The van der Waals surface area contributed by atoms with E-state index in [1.807, 2.05) is 6.20 Å². The Morgan fingerprint density at radius 1 is 1.29 bits per heavy atom. The number of piperidine rings is 1. The molecule has 0 aliphatic carbocycles. The van der Waals surface area contributed by atoms with E-state index in [0.717, 1.165) is 11.5 Å². The van der Waals surface area contributed by atoms with Crippen molar-refractivity contribution < 1.29 is 23.1 Å². The number of nitrogens with zero attached hydrogens (tertiary/aromatic N) is 3. The number of carbonyl (C=O) groups is 1. The SMILES string of the molecule is Cc1cc(C(F)(F)F)cc(O)c1-c1ccc2cn(C3CCC(=O)NC3)nc2n1. The lowest BCUT2D eigenvalue weighted by Gasteiger charge is -2.22. The van der Waals surface area contributed by atoms with Crippen LogP contribution < -0.4 is 5.32 Å². The van der Waals surface area contributed by atoms with E-state index in [2.05, 4.69) is 15.4 Å². The fourth-order valence-electron chi connectivity index (χ4n) is 3.46. The molecule has 0 bridgehead atoms. The van der Waals surface area contributed by atoms with E-state index in [1.165, 1.54) is 6.92 Å². The smallest absolute Gasteiger partial charge is 0.416 e. The molecule has 0 radical (unpaired) electrons. The first kappa shape index (κ1) is 18.3. The first-order valence-electron chi connectivity index (χ1n) is 8.76. The molecule has 1 aromatic carbocycles. The average Bonchev–Trinajstić information content (AvgIpc) is 3.04. The summed E-state index contributed by atoms with van der Waals surface area (Å²) in [6.07, 6.45) is -1.61. The third-order valence-corrected chi connectivity index (χ3v) is 4.90. The van der Waals surface area contributed by atoms with Crippen LogP contribution in [0.25, 0.3) is 22.3 Å². The highest BCUT2D eigenvalue weighted by atomic mass is 19.4. The van der Waals surface area contributed by atoms with E-state index in [1.54, 1.807) is 16.8 Å². The Bertz CT molecular complexity index is 1040. The van der Waals surface area contributed by atoms with Gasteiger partial charge < -0.3 is 10.4 Å². The van der Waals surface area contributed by atoms with E-state index >= 15 is 0 Å². The van der Waals surface area contributed by atoms with Gasteiger partial charge in [-0.25, -0.2) is 4.98 Å². The first-order chi connectivity index (χ1) is 13.2. The predicted molar refractivity (Wildman–Crippen MR) is 95.6 cm³/mol. The first-order valence-corrected chi connectivity index (χ1v) is 8.76. The topological polar surface area (TPSA) is 80.0 Å². The number of aromatic hydroxyl groups is 1. The van der Waals surface area contributed by atoms with Crippen LogP contribution in [0.1, 0.15) is 30.0 Å². The molecule has 4 rings (SSSR count). The Morgan fingerprint density at radius 2 is 2.07 bits per heavy atom. The number of hydrogen-bond acceptors (Lipinski definition) is 4. The minimum Gasteiger partial charge on any atom is -0.507 e. The Hall–Kier alpha value is -3.10. The quantitative estimate of drug-likeness (QED) is 0.701. The van der Waals surface area contributed by atoms with Crippen LogP contribution in [0.15, 0.2) is 30.5 Å². The number of carbonyl (C=O) groups excluding carboxylic acids is 1. The second kappa shape index (κ2) is 6.50. The number of halogens is 3. The van der Waals surface area contributed by atoms with Gasteiger partial charge in [0.2, 0.25) is 5.91 Å². The Balaban J connectivity index is 1.71. The minimum atomic E-state index is -4.54. The fraction of sp³-hybridized carbons (Fsp3) is 0.316. The number of nitrogens with one attached hydrogen (secondary N) is 1. The molecule has 2 aromatic heterocycles. The molecule has 1 fully saturated rings. The summed E-state index contributed by atoms with van der Waals surface area (Å²) in [5.41, 5.74) is 0.380. The van der Waals surface area contributed by atoms with Crippen LogP contribution in [0.2, 0.25) is 0 Å². The van der Waals surface area contributed by atoms with Gasteiger partial charge in [0.1, 0.15) is 5.75 Å².